The quantitative estimate of drug-likeness (QED) is 0.751. The lowest BCUT2D eigenvalue weighted by Gasteiger charge is -2.03. The molecule has 3 nitrogen and oxygen atoms in total. The molecule has 0 aromatic carbocycles. The van der Waals surface area contributed by atoms with E-state index in [1.54, 1.807) is 12.3 Å². The molecule has 3 heteroatoms. The van der Waals surface area contributed by atoms with Crippen molar-refractivity contribution >= 4 is 5.97 Å². The highest BCUT2D eigenvalue weighted by molar-refractivity contribution is 5.89. The third-order valence-corrected chi connectivity index (χ3v) is 2.25. The van der Waals surface area contributed by atoms with Gasteiger partial charge in [0.15, 0.2) is 0 Å². The monoisotopic (exact) mass is 177 g/mol. The Hall–Kier alpha value is -1.38. The van der Waals surface area contributed by atoms with Crippen molar-refractivity contribution in [2.45, 2.75) is 25.7 Å². The standard InChI is InChI=1S/C10H11NO2/c1-6-4-8(10(12)13)9(11-5-6)7-2-3-7/h4-5,7H,2-3H2,1H3,(H,12,13). The highest BCUT2D eigenvalue weighted by Crippen LogP contribution is 2.40. The highest BCUT2D eigenvalue weighted by Gasteiger charge is 2.29. The number of hydrogen-bond acceptors (Lipinski definition) is 2. The Kier molecular flexibility index (Phi) is 1.79. The van der Waals surface area contributed by atoms with Crippen molar-refractivity contribution in [3.63, 3.8) is 0 Å². The summed E-state index contributed by atoms with van der Waals surface area (Å²) in [6, 6.07) is 1.70. The lowest BCUT2D eigenvalue weighted by Crippen LogP contribution is -2.04. The first-order valence-electron chi connectivity index (χ1n) is 4.38. The fourth-order valence-electron chi connectivity index (χ4n) is 1.43. The van der Waals surface area contributed by atoms with E-state index in [1.807, 2.05) is 6.92 Å². The van der Waals surface area contributed by atoms with Gasteiger partial charge in [-0.2, -0.15) is 0 Å². The molecule has 1 N–H and O–H groups in total. The Labute approximate surface area is 76.4 Å². The maximum absolute atomic E-state index is 10.9. The van der Waals surface area contributed by atoms with E-state index < -0.39 is 5.97 Å². The largest absolute Gasteiger partial charge is 0.478 e. The van der Waals surface area contributed by atoms with Gasteiger partial charge in [-0.1, -0.05) is 0 Å². The van der Waals surface area contributed by atoms with Crippen LogP contribution in [0.25, 0.3) is 0 Å². The van der Waals surface area contributed by atoms with Gasteiger partial charge in [0.25, 0.3) is 0 Å². The Balaban J connectivity index is 2.47. The summed E-state index contributed by atoms with van der Waals surface area (Å²) in [5, 5.41) is 8.93. The summed E-state index contributed by atoms with van der Waals surface area (Å²) >= 11 is 0. The second-order valence-electron chi connectivity index (χ2n) is 3.52. The number of aryl methyl sites for hydroxylation is 1. The van der Waals surface area contributed by atoms with E-state index in [2.05, 4.69) is 4.98 Å². The number of rotatable bonds is 2. The molecular weight excluding hydrogens is 166 g/mol. The van der Waals surface area contributed by atoms with Crippen molar-refractivity contribution in [1.29, 1.82) is 0 Å². The molecule has 0 atom stereocenters. The van der Waals surface area contributed by atoms with Crippen LogP contribution in [-0.4, -0.2) is 16.1 Å². The average molecular weight is 177 g/mol. The Morgan fingerprint density at radius 3 is 2.85 bits per heavy atom. The summed E-state index contributed by atoms with van der Waals surface area (Å²) < 4.78 is 0. The third kappa shape index (κ3) is 1.54. The van der Waals surface area contributed by atoms with Crippen LogP contribution in [0, 0.1) is 6.92 Å². The van der Waals surface area contributed by atoms with Crippen molar-refractivity contribution in [3.8, 4) is 0 Å². The fraction of sp³-hybridized carbons (Fsp3) is 0.400. The number of aromatic carboxylic acids is 1. The third-order valence-electron chi connectivity index (χ3n) is 2.25. The first kappa shape index (κ1) is 8.23. The molecule has 1 aliphatic rings. The summed E-state index contributed by atoms with van der Waals surface area (Å²) in [6.45, 7) is 1.86. The van der Waals surface area contributed by atoms with Crippen LogP contribution in [0.4, 0.5) is 0 Å². The van der Waals surface area contributed by atoms with Gasteiger partial charge in [0.2, 0.25) is 0 Å². The smallest absolute Gasteiger partial charge is 0.337 e. The maximum atomic E-state index is 10.9. The normalized spacial score (nSPS) is 15.8. The molecule has 1 fully saturated rings. The first-order chi connectivity index (χ1) is 6.18. The molecule has 0 aliphatic heterocycles. The number of carboxylic acids is 1. The zero-order valence-electron chi connectivity index (χ0n) is 7.45. The van der Waals surface area contributed by atoms with E-state index >= 15 is 0 Å². The number of pyridine rings is 1. The minimum absolute atomic E-state index is 0.377. The van der Waals surface area contributed by atoms with Gasteiger partial charge in [-0.15, -0.1) is 0 Å². The summed E-state index contributed by atoms with van der Waals surface area (Å²) in [4.78, 5) is 15.0. The molecule has 0 saturated heterocycles. The van der Waals surface area contributed by atoms with Crippen molar-refractivity contribution in [3.05, 3.63) is 29.1 Å². The van der Waals surface area contributed by atoms with Gasteiger partial charge in [-0.3, -0.25) is 4.98 Å². The Bertz CT molecular complexity index is 356. The van der Waals surface area contributed by atoms with Crippen LogP contribution in [0.3, 0.4) is 0 Å². The van der Waals surface area contributed by atoms with Crippen molar-refractivity contribution in [2.24, 2.45) is 0 Å². The van der Waals surface area contributed by atoms with Gasteiger partial charge in [-0.05, 0) is 31.4 Å². The lowest BCUT2D eigenvalue weighted by atomic mass is 10.1. The molecule has 13 heavy (non-hydrogen) atoms. The zero-order valence-corrected chi connectivity index (χ0v) is 7.45. The van der Waals surface area contributed by atoms with Crippen LogP contribution in [-0.2, 0) is 0 Å². The Morgan fingerprint density at radius 2 is 2.31 bits per heavy atom. The summed E-state index contributed by atoms with van der Waals surface area (Å²) in [5.74, 6) is -0.468. The predicted octanol–water partition coefficient (Wildman–Crippen LogP) is 1.97. The van der Waals surface area contributed by atoms with Crippen molar-refractivity contribution in [2.75, 3.05) is 0 Å². The minimum atomic E-state index is -0.863. The first-order valence-corrected chi connectivity index (χ1v) is 4.38. The van der Waals surface area contributed by atoms with E-state index in [9.17, 15) is 4.79 Å². The van der Waals surface area contributed by atoms with Gasteiger partial charge in [0, 0.05) is 12.1 Å². The van der Waals surface area contributed by atoms with Gasteiger partial charge >= 0.3 is 5.97 Å². The Morgan fingerprint density at radius 1 is 1.62 bits per heavy atom. The molecule has 0 spiro atoms. The van der Waals surface area contributed by atoms with Crippen molar-refractivity contribution in [1.82, 2.24) is 4.98 Å². The van der Waals surface area contributed by atoms with E-state index in [4.69, 9.17) is 5.11 Å². The van der Waals surface area contributed by atoms with Crippen LogP contribution < -0.4 is 0 Å². The van der Waals surface area contributed by atoms with E-state index in [0.29, 0.717) is 11.5 Å². The topological polar surface area (TPSA) is 50.2 Å². The molecule has 0 bridgehead atoms. The van der Waals surface area contributed by atoms with Crippen LogP contribution >= 0.6 is 0 Å². The van der Waals surface area contributed by atoms with Gasteiger partial charge in [-0.25, -0.2) is 4.79 Å². The number of carboxylic acid groups (broad SMARTS) is 1. The fourth-order valence-corrected chi connectivity index (χ4v) is 1.43. The maximum Gasteiger partial charge on any atom is 0.337 e. The van der Waals surface area contributed by atoms with Crippen LogP contribution in [0.2, 0.25) is 0 Å². The highest BCUT2D eigenvalue weighted by atomic mass is 16.4. The summed E-state index contributed by atoms with van der Waals surface area (Å²) in [5.41, 5.74) is 2.04. The molecular formula is C10H11NO2. The van der Waals surface area contributed by atoms with Crippen LogP contribution in [0.1, 0.15) is 40.4 Å². The second-order valence-corrected chi connectivity index (χ2v) is 3.52. The number of nitrogens with zero attached hydrogens (tertiary/aromatic N) is 1. The molecule has 0 radical (unpaired) electrons. The van der Waals surface area contributed by atoms with Crippen LogP contribution in [0.5, 0.6) is 0 Å². The molecule has 1 heterocycles. The van der Waals surface area contributed by atoms with E-state index in [0.717, 1.165) is 24.1 Å². The predicted molar refractivity (Wildman–Crippen MR) is 47.9 cm³/mol. The molecule has 0 unspecified atom stereocenters. The molecule has 1 aromatic rings. The molecule has 2 rings (SSSR count). The lowest BCUT2D eigenvalue weighted by molar-refractivity contribution is 0.0695. The van der Waals surface area contributed by atoms with Crippen molar-refractivity contribution < 1.29 is 9.90 Å². The van der Waals surface area contributed by atoms with Gasteiger partial charge in [0.05, 0.1) is 11.3 Å². The molecule has 1 aliphatic carbocycles. The minimum Gasteiger partial charge on any atom is -0.478 e. The molecule has 1 saturated carbocycles. The summed E-state index contributed by atoms with van der Waals surface area (Å²) in [6.07, 6.45) is 3.90. The molecule has 1 aromatic heterocycles. The number of aromatic nitrogens is 1. The number of carbonyl (C=O) groups is 1. The average Bonchev–Trinajstić information content (AvgIpc) is 2.87. The van der Waals surface area contributed by atoms with E-state index in [1.165, 1.54) is 0 Å². The molecule has 68 valence electrons. The van der Waals surface area contributed by atoms with Gasteiger partial charge < -0.3 is 5.11 Å². The zero-order chi connectivity index (χ0) is 9.42. The molecule has 0 amide bonds. The van der Waals surface area contributed by atoms with Gasteiger partial charge in [0.1, 0.15) is 0 Å². The SMILES string of the molecule is Cc1cnc(C2CC2)c(C(=O)O)c1. The number of hydrogen-bond donors (Lipinski definition) is 1. The van der Waals surface area contributed by atoms with E-state index in [-0.39, 0.29) is 0 Å². The summed E-state index contributed by atoms with van der Waals surface area (Å²) in [7, 11) is 0. The second kappa shape index (κ2) is 2.83. The van der Waals surface area contributed by atoms with Crippen LogP contribution in [0.15, 0.2) is 12.3 Å².